The van der Waals surface area contributed by atoms with Gasteiger partial charge in [0.1, 0.15) is 5.76 Å². The minimum Gasteiger partial charge on any atom is -0.481 e. The normalized spacial score (nSPS) is 23.6. The van der Waals surface area contributed by atoms with Crippen molar-refractivity contribution in [3.8, 4) is 0 Å². The summed E-state index contributed by atoms with van der Waals surface area (Å²) >= 11 is 0. The summed E-state index contributed by atoms with van der Waals surface area (Å²) < 4.78 is 5.08. The standard InChI is InChI=1S/C14H20N2O4/c1-7(12-8(2)16-20-9(12)3)13(17)15-11-5-4-10(6-11)14(18)19/h7,10-11H,4-6H2,1-3H3,(H,15,17)(H,18,19)/t7-,10+,11-/m0/s1. The van der Waals surface area contributed by atoms with Crippen LogP contribution in [0.3, 0.4) is 0 Å². The van der Waals surface area contributed by atoms with Gasteiger partial charge < -0.3 is 14.9 Å². The van der Waals surface area contributed by atoms with E-state index in [1.165, 1.54) is 0 Å². The van der Waals surface area contributed by atoms with Gasteiger partial charge in [-0.15, -0.1) is 0 Å². The monoisotopic (exact) mass is 280 g/mol. The van der Waals surface area contributed by atoms with Crippen LogP contribution >= 0.6 is 0 Å². The van der Waals surface area contributed by atoms with Crippen LogP contribution in [0.4, 0.5) is 0 Å². The number of rotatable bonds is 4. The Balaban J connectivity index is 1.97. The fraction of sp³-hybridized carbons (Fsp3) is 0.643. The highest BCUT2D eigenvalue weighted by Crippen LogP contribution is 2.28. The molecule has 20 heavy (non-hydrogen) atoms. The molecule has 1 amide bonds. The highest BCUT2D eigenvalue weighted by atomic mass is 16.5. The summed E-state index contributed by atoms with van der Waals surface area (Å²) in [5.74, 6) is -0.907. The van der Waals surface area contributed by atoms with Gasteiger partial charge >= 0.3 is 5.97 Å². The Morgan fingerprint density at radius 3 is 2.60 bits per heavy atom. The van der Waals surface area contributed by atoms with E-state index in [1.54, 1.807) is 6.92 Å². The van der Waals surface area contributed by atoms with Crippen molar-refractivity contribution in [2.45, 2.75) is 52.0 Å². The minimum atomic E-state index is -0.777. The second kappa shape index (κ2) is 5.64. The Hall–Kier alpha value is -1.85. The van der Waals surface area contributed by atoms with Crippen molar-refractivity contribution in [3.05, 3.63) is 17.0 Å². The quantitative estimate of drug-likeness (QED) is 0.876. The van der Waals surface area contributed by atoms with E-state index in [0.29, 0.717) is 18.6 Å². The molecule has 0 bridgehead atoms. The average molecular weight is 280 g/mol. The summed E-state index contributed by atoms with van der Waals surface area (Å²) in [7, 11) is 0. The van der Waals surface area contributed by atoms with E-state index in [2.05, 4.69) is 10.5 Å². The molecule has 0 radical (unpaired) electrons. The van der Waals surface area contributed by atoms with E-state index in [0.717, 1.165) is 17.7 Å². The Morgan fingerprint density at radius 2 is 2.10 bits per heavy atom. The van der Waals surface area contributed by atoms with Gasteiger partial charge in [0.2, 0.25) is 5.91 Å². The number of carbonyl (C=O) groups excluding carboxylic acids is 1. The average Bonchev–Trinajstić information content (AvgIpc) is 2.96. The van der Waals surface area contributed by atoms with Gasteiger partial charge in [0.05, 0.1) is 17.5 Å². The number of hydrogen-bond donors (Lipinski definition) is 2. The highest BCUT2D eigenvalue weighted by Gasteiger charge is 2.32. The summed E-state index contributed by atoms with van der Waals surface area (Å²) in [6, 6.07) is -0.0495. The first-order valence-corrected chi connectivity index (χ1v) is 6.86. The van der Waals surface area contributed by atoms with Crippen molar-refractivity contribution < 1.29 is 19.2 Å². The number of carboxylic acid groups (broad SMARTS) is 1. The third-order valence-corrected chi connectivity index (χ3v) is 4.04. The van der Waals surface area contributed by atoms with Crippen molar-refractivity contribution >= 4 is 11.9 Å². The largest absolute Gasteiger partial charge is 0.481 e. The molecule has 1 aromatic rings. The van der Waals surface area contributed by atoms with Gasteiger partial charge in [-0.25, -0.2) is 0 Å². The maximum absolute atomic E-state index is 12.3. The Kier molecular flexibility index (Phi) is 4.11. The predicted molar refractivity (Wildman–Crippen MR) is 71.3 cm³/mol. The molecule has 2 N–H and O–H groups in total. The number of aliphatic carboxylic acids is 1. The van der Waals surface area contributed by atoms with Crippen molar-refractivity contribution in [3.63, 3.8) is 0 Å². The fourth-order valence-electron chi connectivity index (χ4n) is 2.90. The molecule has 110 valence electrons. The summed E-state index contributed by atoms with van der Waals surface area (Å²) in [6.07, 6.45) is 1.85. The molecule has 1 heterocycles. The van der Waals surface area contributed by atoms with Crippen LogP contribution in [0.15, 0.2) is 4.52 Å². The molecule has 2 rings (SSSR count). The predicted octanol–water partition coefficient (Wildman–Crippen LogP) is 1.76. The number of amides is 1. The number of aryl methyl sites for hydroxylation is 2. The van der Waals surface area contributed by atoms with Gasteiger partial charge in [0.15, 0.2) is 0 Å². The van der Waals surface area contributed by atoms with Gasteiger partial charge in [-0.3, -0.25) is 9.59 Å². The SMILES string of the molecule is Cc1noc(C)c1[C@H](C)C(=O)N[C@H]1CC[C@@H](C(=O)O)C1. The number of hydrogen-bond acceptors (Lipinski definition) is 4. The number of carboxylic acids is 1. The van der Waals surface area contributed by atoms with Crippen molar-refractivity contribution in [2.75, 3.05) is 0 Å². The van der Waals surface area contributed by atoms with Crippen LogP contribution < -0.4 is 5.32 Å². The molecule has 1 aliphatic rings. The zero-order valence-corrected chi connectivity index (χ0v) is 12.0. The van der Waals surface area contributed by atoms with E-state index >= 15 is 0 Å². The lowest BCUT2D eigenvalue weighted by Crippen LogP contribution is -2.36. The zero-order chi connectivity index (χ0) is 14.9. The molecule has 6 nitrogen and oxygen atoms in total. The highest BCUT2D eigenvalue weighted by molar-refractivity contribution is 5.84. The molecule has 6 heteroatoms. The second-order valence-corrected chi connectivity index (χ2v) is 5.51. The van der Waals surface area contributed by atoms with Crippen LogP contribution in [-0.4, -0.2) is 28.2 Å². The molecule has 0 spiro atoms. The molecule has 1 aliphatic carbocycles. The van der Waals surface area contributed by atoms with E-state index in [4.69, 9.17) is 9.63 Å². The molecule has 0 saturated heterocycles. The third kappa shape index (κ3) is 2.84. The van der Waals surface area contributed by atoms with E-state index in [9.17, 15) is 9.59 Å². The first kappa shape index (κ1) is 14.6. The van der Waals surface area contributed by atoms with Gasteiger partial charge in [0, 0.05) is 11.6 Å². The van der Waals surface area contributed by atoms with Crippen LogP contribution in [0.1, 0.15) is 49.1 Å². The van der Waals surface area contributed by atoms with E-state index in [-0.39, 0.29) is 23.8 Å². The molecule has 1 aromatic heterocycles. The second-order valence-electron chi connectivity index (χ2n) is 5.51. The van der Waals surface area contributed by atoms with Gasteiger partial charge in [0.25, 0.3) is 0 Å². The Bertz CT molecular complexity index is 504. The van der Waals surface area contributed by atoms with Crippen LogP contribution in [-0.2, 0) is 9.59 Å². The first-order valence-electron chi connectivity index (χ1n) is 6.86. The van der Waals surface area contributed by atoms with Crippen LogP contribution in [0.25, 0.3) is 0 Å². The summed E-state index contributed by atoms with van der Waals surface area (Å²) in [6.45, 7) is 5.41. The molecular weight excluding hydrogens is 260 g/mol. The third-order valence-electron chi connectivity index (χ3n) is 4.04. The molecule has 0 aliphatic heterocycles. The van der Waals surface area contributed by atoms with E-state index < -0.39 is 5.97 Å². The molecule has 0 unspecified atom stereocenters. The summed E-state index contributed by atoms with van der Waals surface area (Å²) in [5, 5.41) is 15.8. The summed E-state index contributed by atoms with van der Waals surface area (Å²) in [4.78, 5) is 23.2. The molecular formula is C14H20N2O4. The topological polar surface area (TPSA) is 92.4 Å². The van der Waals surface area contributed by atoms with Crippen LogP contribution in [0, 0.1) is 19.8 Å². The smallest absolute Gasteiger partial charge is 0.306 e. The molecule has 3 atom stereocenters. The van der Waals surface area contributed by atoms with Crippen molar-refractivity contribution in [1.82, 2.24) is 10.5 Å². The Morgan fingerprint density at radius 1 is 1.40 bits per heavy atom. The minimum absolute atomic E-state index is 0.0495. The molecule has 1 saturated carbocycles. The lowest BCUT2D eigenvalue weighted by molar-refractivity contribution is -0.141. The van der Waals surface area contributed by atoms with Crippen molar-refractivity contribution in [1.29, 1.82) is 0 Å². The van der Waals surface area contributed by atoms with Gasteiger partial charge in [-0.1, -0.05) is 5.16 Å². The summed E-state index contributed by atoms with van der Waals surface area (Å²) in [5.41, 5.74) is 1.54. The van der Waals surface area contributed by atoms with Crippen LogP contribution in [0.2, 0.25) is 0 Å². The number of nitrogens with zero attached hydrogens (tertiary/aromatic N) is 1. The molecule has 1 fully saturated rings. The maximum atomic E-state index is 12.3. The first-order chi connectivity index (χ1) is 9.40. The van der Waals surface area contributed by atoms with Gasteiger partial charge in [-0.05, 0) is 40.0 Å². The lowest BCUT2D eigenvalue weighted by Gasteiger charge is -2.16. The maximum Gasteiger partial charge on any atom is 0.306 e. The molecule has 0 aromatic carbocycles. The fourth-order valence-corrected chi connectivity index (χ4v) is 2.90. The number of nitrogens with one attached hydrogen (secondary N) is 1. The number of aromatic nitrogens is 1. The van der Waals surface area contributed by atoms with Crippen LogP contribution in [0.5, 0.6) is 0 Å². The lowest BCUT2D eigenvalue weighted by atomic mass is 9.98. The van der Waals surface area contributed by atoms with E-state index in [1.807, 2.05) is 13.8 Å². The van der Waals surface area contributed by atoms with Gasteiger partial charge in [-0.2, -0.15) is 0 Å². The Labute approximate surface area is 117 Å². The van der Waals surface area contributed by atoms with Crippen molar-refractivity contribution in [2.24, 2.45) is 5.92 Å². The zero-order valence-electron chi connectivity index (χ0n) is 12.0. The number of carbonyl (C=O) groups is 2.